The summed E-state index contributed by atoms with van der Waals surface area (Å²) in [6.45, 7) is 1.53. The molecule has 1 atom stereocenters. The number of hydrogen-bond donors (Lipinski definition) is 1. The maximum Gasteiger partial charge on any atom is 0.265 e. The molecule has 0 spiro atoms. The Morgan fingerprint density at radius 3 is 2.72 bits per heavy atom. The quantitative estimate of drug-likeness (QED) is 0.896. The number of para-hydroxylation sites is 1. The SMILES string of the molecule is CC1Cc2cc(S(N)(=O)=O)ccc2N1C(=O)COc1ccccc1F. The van der Waals surface area contributed by atoms with Gasteiger partial charge in [0.1, 0.15) is 0 Å². The molecule has 3 rings (SSSR count). The molecule has 132 valence electrons. The van der Waals surface area contributed by atoms with Gasteiger partial charge < -0.3 is 9.64 Å². The Labute approximate surface area is 145 Å². The van der Waals surface area contributed by atoms with E-state index in [-0.39, 0.29) is 29.2 Å². The van der Waals surface area contributed by atoms with E-state index in [0.29, 0.717) is 12.1 Å². The summed E-state index contributed by atoms with van der Waals surface area (Å²) in [7, 11) is -3.80. The molecule has 1 amide bonds. The summed E-state index contributed by atoms with van der Waals surface area (Å²) in [5, 5.41) is 5.14. The van der Waals surface area contributed by atoms with Gasteiger partial charge in [-0.2, -0.15) is 0 Å². The molecule has 0 aliphatic carbocycles. The molecule has 1 aliphatic rings. The maximum absolute atomic E-state index is 13.6. The molecular weight excluding hydrogens is 347 g/mol. The van der Waals surface area contributed by atoms with Gasteiger partial charge in [-0.1, -0.05) is 12.1 Å². The van der Waals surface area contributed by atoms with Gasteiger partial charge in [-0.05, 0) is 49.2 Å². The third kappa shape index (κ3) is 3.49. The number of primary sulfonamides is 1. The largest absolute Gasteiger partial charge is 0.481 e. The Hall–Kier alpha value is -2.45. The van der Waals surface area contributed by atoms with Gasteiger partial charge >= 0.3 is 0 Å². The number of amides is 1. The molecule has 25 heavy (non-hydrogen) atoms. The second-order valence-corrected chi connectivity index (χ2v) is 7.43. The van der Waals surface area contributed by atoms with Crippen LogP contribution in [0.4, 0.5) is 10.1 Å². The number of ether oxygens (including phenoxy) is 1. The molecule has 0 aromatic heterocycles. The Morgan fingerprint density at radius 1 is 1.32 bits per heavy atom. The van der Waals surface area contributed by atoms with Crippen LogP contribution in [0.15, 0.2) is 47.4 Å². The summed E-state index contributed by atoms with van der Waals surface area (Å²) in [5.74, 6) is -0.867. The van der Waals surface area contributed by atoms with E-state index in [2.05, 4.69) is 0 Å². The van der Waals surface area contributed by atoms with Gasteiger partial charge in [-0.3, -0.25) is 4.79 Å². The highest BCUT2D eigenvalue weighted by Gasteiger charge is 2.32. The van der Waals surface area contributed by atoms with E-state index >= 15 is 0 Å². The lowest BCUT2D eigenvalue weighted by atomic mass is 10.1. The highest BCUT2D eigenvalue weighted by atomic mass is 32.2. The molecule has 2 N–H and O–H groups in total. The maximum atomic E-state index is 13.6. The third-order valence-electron chi connectivity index (χ3n) is 4.05. The molecule has 0 bridgehead atoms. The predicted octanol–water partition coefficient (Wildman–Crippen LogP) is 1.83. The van der Waals surface area contributed by atoms with Gasteiger partial charge in [0, 0.05) is 11.7 Å². The minimum absolute atomic E-state index is 0.00694. The van der Waals surface area contributed by atoms with E-state index in [1.165, 1.54) is 35.2 Å². The van der Waals surface area contributed by atoms with Crippen molar-refractivity contribution in [3.8, 4) is 5.75 Å². The Kier molecular flexibility index (Phi) is 4.49. The van der Waals surface area contributed by atoms with Crippen molar-refractivity contribution in [2.75, 3.05) is 11.5 Å². The molecule has 2 aromatic carbocycles. The van der Waals surface area contributed by atoms with Crippen molar-refractivity contribution in [2.45, 2.75) is 24.3 Å². The Morgan fingerprint density at radius 2 is 2.04 bits per heavy atom. The van der Waals surface area contributed by atoms with Crippen molar-refractivity contribution in [1.82, 2.24) is 0 Å². The molecular formula is C17H17FN2O4S. The lowest BCUT2D eigenvalue weighted by Crippen LogP contribution is -2.39. The highest BCUT2D eigenvalue weighted by Crippen LogP contribution is 2.33. The predicted molar refractivity (Wildman–Crippen MR) is 90.4 cm³/mol. The summed E-state index contributed by atoms with van der Waals surface area (Å²) >= 11 is 0. The Bertz CT molecular complexity index is 930. The highest BCUT2D eigenvalue weighted by molar-refractivity contribution is 7.89. The first-order valence-electron chi connectivity index (χ1n) is 7.62. The van der Waals surface area contributed by atoms with Crippen LogP contribution in [0, 0.1) is 5.82 Å². The van der Waals surface area contributed by atoms with Crippen molar-refractivity contribution < 1.29 is 22.3 Å². The van der Waals surface area contributed by atoms with Gasteiger partial charge in [0.25, 0.3) is 5.91 Å². The topological polar surface area (TPSA) is 89.7 Å². The molecule has 0 saturated heterocycles. The zero-order valence-electron chi connectivity index (χ0n) is 13.5. The smallest absolute Gasteiger partial charge is 0.265 e. The van der Waals surface area contributed by atoms with Crippen LogP contribution in [-0.2, 0) is 21.2 Å². The Balaban J connectivity index is 1.80. The average molecular weight is 364 g/mol. The number of rotatable bonds is 4. The van der Waals surface area contributed by atoms with E-state index in [4.69, 9.17) is 9.88 Å². The molecule has 0 saturated carbocycles. The first kappa shape index (κ1) is 17.4. The number of fused-ring (bicyclic) bond motifs is 1. The number of hydrogen-bond acceptors (Lipinski definition) is 4. The first-order chi connectivity index (χ1) is 11.8. The second-order valence-electron chi connectivity index (χ2n) is 5.87. The fourth-order valence-electron chi connectivity index (χ4n) is 2.94. The molecule has 8 heteroatoms. The van der Waals surface area contributed by atoms with Crippen LogP contribution < -0.4 is 14.8 Å². The molecule has 1 aliphatic heterocycles. The van der Waals surface area contributed by atoms with Crippen molar-refractivity contribution >= 4 is 21.6 Å². The van der Waals surface area contributed by atoms with Gasteiger partial charge in [0.2, 0.25) is 10.0 Å². The van der Waals surface area contributed by atoms with Crippen LogP contribution in [0.5, 0.6) is 5.75 Å². The molecule has 0 radical (unpaired) electrons. The fraction of sp³-hybridized carbons (Fsp3) is 0.235. The normalized spacial score (nSPS) is 16.6. The summed E-state index contributed by atoms with van der Waals surface area (Å²) in [6.07, 6.45) is 0.504. The molecule has 1 heterocycles. The summed E-state index contributed by atoms with van der Waals surface area (Å²) in [6, 6.07) is 10.1. The standard InChI is InChI=1S/C17H17FN2O4S/c1-11-8-12-9-13(25(19,22)23)6-7-15(12)20(11)17(21)10-24-16-5-3-2-4-14(16)18/h2-7,9,11H,8,10H2,1H3,(H2,19,22,23). The van der Waals surface area contributed by atoms with Crippen molar-refractivity contribution in [3.63, 3.8) is 0 Å². The van der Waals surface area contributed by atoms with Crippen LogP contribution in [-0.4, -0.2) is 27.0 Å². The van der Waals surface area contributed by atoms with Crippen molar-refractivity contribution in [1.29, 1.82) is 0 Å². The van der Waals surface area contributed by atoms with E-state index in [1.54, 1.807) is 12.1 Å². The molecule has 2 aromatic rings. The number of sulfonamides is 1. The molecule has 6 nitrogen and oxygen atoms in total. The van der Waals surface area contributed by atoms with Gasteiger partial charge in [-0.15, -0.1) is 0 Å². The zero-order chi connectivity index (χ0) is 18.2. The van der Waals surface area contributed by atoms with Crippen LogP contribution >= 0.6 is 0 Å². The van der Waals surface area contributed by atoms with Crippen molar-refractivity contribution in [2.24, 2.45) is 5.14 Å². The van der Waals surface area contributed by atoms with Crippen LogP contribution in [0.3, 0.4) is 0 Å². The number of carbonyl (C=O) groups is 1. The lowest BCUT2D eigenvalue weighted by molar-refractivity contribution is -0.120. The van der Waals surface area contributed by atoms with Gasteiger partial charge in [0.05, 0.1) is 4.90 Å². The monoisotopic (exact) mass is 364 g/mol. The first-order valence-corrected chi connectivity index (χ1v) is 9.17. The summed E-state index contributed by atoms with van der Waals surface area (Å²) < 4.78 is 41.8. The lowest BCUT2D eigenvalue weighted by Gasteiger charge is -2.23. The number of carbonyl (C=O) groups excluding carboxylic acids is 1. The van der Waals surface area contributed by atoms with E-state index in [0.717, 1.165) is 5.56 Å². The minimum atomic E-state index is -3.80. The van der Waals surface area contributed by atoms with E-state index in [1.807, 2.05) is 6.92 Å². The van der Waals surface area contributed by atoms with E-state index in [9.17, 15) is 17.6 Å². The van der Waals surface area contributed by atoms with Gasteiger partial charge in [0.15, 0.2) is 18.2 Å². The second kappa shape index (κ2) is 6.45. The van der Waals surface area contributed by atoms with Crippen molar-refractivity contribution in [3.05, 3.63) is 53.8 Å². The molecule has 0 fully saturated rings. The van der Waals surface area contributed by atoms with Crippen LogP contribution in [0.1, 0.15) is 12.5 Å². The van der Waals surface area contributed by atoms with Crippen LogP contribution in [0.2, 0.25) is 0 Å². The number of anilines is 1. The summed E-state index contributed by atoms with van der Waals surface area (Å²) in [5.41, 5.74) is 1.33. The fourth-order valence-corrected chi connectivity index (χ4v) is 3.50. The van der Waals surface area contributed by atoms with E-state index < -0.39 is 15.8 Å². The average Bonchev–Trinajstić information content (AvgIpc) is 2.88. The number of nitrogens with two attached hydrogens (primary N) is 1. The number of benzene rings is 2. The van der Waals surface area contributed by atoms with Crippen LogP contribution in [0.25, 0.3) is 0 Å². The molecule has 1 unspecified atom stereocenters. The summed E-state index contributed by atoms with van der Waals surface area (Å²) in [4.78, 5) is 14.1. The minimum Gasteiger partial charge on any atom is -0.481 e. The third-order valence-corrected chi connectivity index (χ3v) is 4.96. The zero-order valence-corrected chi connectivity index (χ0v) is 14.3. The number of halogens is 1. The van der Waals surface area contributed by atoms with Gasteiger partial charge in [-0.25, -0.2) is 17.9 Å². The number of nitrogens with zero attached hydrogens (tertiary/aromatic N) is 1.